The zero-order chi connectivity index (χ0) is 14.7. The van der Waals surface area contributed by atoms with Crippen LogP contribution in [0.4, 0.5) is 10.2 Å². The number of anilines is 1. The van der Waals surface area contributed by atoms with E-state index in [1.54, 1.807) is 12.3 Å². The Kier molecular flexibility index (Phi) is 4.70. The van der Waals surface area contributed by atoms with Gasteiger partial charge in [-0.1, -0.05) is 19.8 Å². The lowest BCUT2D eigenvalue weighted by molar-refractivity contribution is -0.00925. The molecule has 4 nitrogen and oxygen atoms in total. The maximum Gasteiger partial charge on any atom is 0.170 e. The van der Waals surface area contributed by atoms with E-state index in [9.17, 15) is 4.39 Å². The number of hydrogen-bond acceptors (Lipinski definition) is 4. The molecule has 2 heterocycles. The SMILES string of the molecule is CCNCc1ccnc(N2CCOC3CCCCC32)c1F. The minimum Gasteiger partial charge on any atom is -0.374 e. The smallest absolute Gasteiger partial charge is 0.170 e. The number of fused-ring (bicyclic) bond motifs is 1. The second-order valence-electron chi connectivity index (χ2n) is 5.84. The molecule has 1 saturated heterocycles. The third-order valence-electron chi connectivity index (χ3n) is 4.52. The highest BCUT2D eigenvalue weighted by atomic mass is 19.1. The highest BCUT2D eigenvalue weighted by molar-refractivity contribution is 5.45. The molecule has 1 N–H and O–H groups in total. The van der Waals surface area contributed by atoms with Gasteiger partial charge in [-0.15, -0.1) is 0 Å². The van der Waals surface area contributed by atoms with Crippen molar-refractivity contribution in [3.63, 3.8) is 0 Å². The topological polar surface area (TPSA) is 37.4 Å². The lowest BCUT2D eigenvalue weighted by Gasteiger charge is -2.44. The molecule has 1 aromatic rings. The van der Waals surface area contributed by atoms with Crippen LogP contribution >= 0.6 is 0 Å². The summed E-state index contributed by atoms with van der Waals surface area (Å²) in [5.41, 5.74) is 0.695. The summed E-state index contributed by atoms with van der Waals surface area (Å²) in [6.45, 7) is 4.81. The van der Waals surface area contributed by atoms with Crippen LogP contribution in [0.15, 0.2) is 12.3 Å². The van der Waals surface area contributed by atoms with E-state index in [-0.39, 0.29) is 18.0 Å². The number of aromatic nitrogens is 1. The molecule has 5 heteroatoms. The Morgan fingerprint density at radius 2 is 2.29 bits per heavy atom. The summed E-state index contributed by atoms with van der Waals surface area (Å²) < 4.78 is 20.6. The van der Waals surface area contributed by atoms with E-state index in [2.05, 4.69) is 15.2 Å². The van der Waals surface area contributed by atoms with Gasteiger partial charge >= 0.3 is 0 Å². The molecule has 21 heavy (non-hydrogen) atoms. The number of halogens is 1. The molecule has 116 valence electrons. The largest absolute Gasteiger partial charge is 0.374 e. The molecule has 1 aromatic heterocycles. The molecule has 1 saturated carbocycles. The summed E-state index contributed by atoms with van der Waals surface area (Å²) in [6.07, 6.45) is 6.53. The number of morpholine rings is 1. The standard InChI is InChI=1S/C16H24FN3O/c1-2-18-11-12-7-8-19-16(15(12)17)20-9-10-21-14-6-4-3-5-13(14)20/h7-8,13-14,18H,2-6,9-11H2,1H3. The average Bonchev–Trinajstić information content (AvgIpc) is 2.53. The first-order chi connectivity index (χ1) is 10.3. The van der Waals surface area contributed by atoms with E-state index in [0.29, 0.717) is 24.5 Å². The molecule has 0 bridgehead atoms. The van der Waals surface area contributed by atoms with Gasteiger partial charge in [-0.3, -0.25) is 0 Å². The van der Waals surface area contributed by atoms with E-state index in [4.69, 9.17) is 4.74 Å². The maximum atomic E-state index is 14.8. The first-order valence-electron chi connectivity index (χ1n) is 8.03. The monoisotopic (exact) mass is 293 g/mol. The summed E-state index contributed by atoms with van der Waals surface area (Å²) >= 11 is 0. The van der Waals surface area contributed by atoms with Gasteiger partial charge in [-0.25, -0.2) is 9.37 Å². The van der Waals surface area contributed by atoms with E-state index in [1.807, 2.05) is 6.92 Å². The quantitative estimate of drug-likeness (QED) is 0.925. The fraction of sp³-hybridized carbons (Fsp3) is 0.688. The van der Waals surface area contributed by atoms with Gasteiger partial charge in [0, 0.05) is 24.8 Å². The third-order valence-corrected chi connectivity index (χ3v) is 4.52. The van der Waals surface area contributed by atoms with Crippen molar-refractivity contribution < 1.29 is 9.13 Å². The van der Waals surface area contributed by atoms with Crippen molar-refractivity contribution in [1.82, 2.24) is 10.3 Å². The zero-order valence-electron chi connectivity index (χ0n) is 12.6. The van der Waals surface area contributed by atoms with E-state index < -0.39 is 0 Å². The van der Waals surface area contributed by atoms with Crippen LogP contribution in [-0.4, -0.2) is 36.8 Å². The summed E-state index contributed by atoms with van der Waals surface area (Å²) in [6, 6.07) is 2.05. The molecule has 3 rings (SSSR count). The summed E-state index contributed by atoms with van der Waals surface area (Å²) in [5.74, 6) is 0.329. The lowest BCUT2D eigenvalue weighted by atomic mass is 9.90. The van der Waals surface area contributed by atoms with Crippen molar-refractivity contribution in [3.8, 4) is 0 Å². The van der Waals surface area contributed by atoms with Crippen LogP contribution in [0.1, 0.15) is 38.2 Å². The van der Waals surface area contributed by atoms with Crippen LogP contribution in [0, 0.1) is 5.82 Å². The maximum absolute atomic E-state index is 14.8. The molecule has 2 unspecified atom stereocenters. The number of nitrogens with one attached hydrogen (secondary N) is 1. The first-order valence-corrected chi connectivity index (χ1v) is 8.03. The van der Waals surface area contributed by atoms with Gasteiger partial charge < -0.3 is 15.0 Å². The molecule has 2 atom stereocenters. The van der Waals surface area contributed by atoms with Gasteiger partial charge in [-0.2, -0.15) is 0 Å². The Morgan fingerprint density at radius 1 is 1.43 bits per heavy atom. The molecule has 1 aliphatic heterocycles. The van der Waals surface area contributed by atoms with Gasteiger partial charge in [-0.05, 0) is 25.5 Å². The average molecular weight is 293 g/mol. The van der Waals surface area contributed by atoms with Crippen LogP contribution in [0.2, 0.25) is 0 Å². The normalized spacial score (nSPS) is 25.7. The Morgan fingerprint density at radius 3 is 3.14 bits per heavy atom. The Labute approximate surface area is 125 Å². The van der Waals surface area contributed by atoms with Crippen molar-refractivity contribution in [2.75, 3.05) is 24.6 Å². The minimum atomic E-state index is -0.176. The molecule has 0 spiro atoms. The van der Waals surface area contributed by atoms with Gasteiger partial charge in [0.15, 0.2) is 11.6 Å². The van der Waals surface area contributed by atoms with Gasteiger partial charge in [0.05, 0.1) is 18.8 Å². The van der Waals surface area contributed by atoms with Crippen molar-refractivity contribution in [1.29, 1.82) is 0 Å². The Bertz CT molecular complexity index is 481. The fourth-order valence-corrected chi connectivity index (χ4v) is 3.43. The molecule has 0 aromatic carbocycles. The van der Waals surface area contributed by atoms with Crippen molar-refractivity contribution in [2.24, 2.45) is 0 Å². The predicted octanol–water partition coefficient (Wildman–Crippen LogP) is 2.48. The summed E-state index contributed by atoms with van der Waals surface area (Å²) in [5, 5.41) is 3.18. The molecule has 2 aliphatic rings. The van der Waals surface area contributed by atoms with Crippen LogP contribution < -0.4 is 10.2 Å². The van der Waals surface area contributed by atoms with Crippen LogP contribution in [0.25, 0.3) is 0 Å². The first kappa shape index (κ1) is 14.7. The highest BCUT2D eigenvalue weighted by Gasteiger charge is 2.36. The minimum absolute atomic E-state index is 0.176. The Hall–Kier alpha value is -1.20. The molecule has 0 amide bonds. The molecule has 0 radical (unpaired) electrons. The highest BCUT2D eigenvalue weighted by Crippen LogP contribution is 2.32. The number of nitrogens with zero attached hydrogens (tertiary/aromatic N) is 2. The summed E-state index contributed by atoms with van der Waals surface area (Å²) in [4.78, 5) is 6.47. The molecule has 1 aliphatic carbocycles. The third kappa shape index (κ3) is 3.04. The summed E-state index contributed by atoms with van der Waals surface area (Å²) in [7, 11) is 0. The number of ether oxygens (including phenoxy) is 1. The second-order valence-corrected chi connectivity index (χ2v) is 5.84. The lowest BCUT2D eigenvalue weighted by Crippen LogP contribution is -2.53. The Balaban J connectivity index is 1.84. The second kappa shape index (κ2) is 6.71. The van der Waals surface area contributed by atoms with Crippen LogP contribution in [0.5, 0.6) is 0 Å². The van der Waals surface area contributed by atoms with E-state index in [1.165, 1.54) is 12.8 Å². The number of rotatable bonds is 4. The van der Waals surface area contributed by atoms with E-state index in [0.717, 1.165) is 25.9 Å². The van der Waals surface area contributed by atoms with Crippen molar-refractivity contribution >= 4 is 5.82 Å². The molecule has 2 fully saturated rings. The fourth-order valence-electron chi connectivity index (χ4n) is 3.43. The van der Waals surface area contributed by atoms with Crippen LogP contribution in [-0.2, 0) is 11.3 Å². The van der Waals surface area contributed by atoms with E-state index >= 15 is 0 Å². The van der Waals surface area contributed by atoms with Gasteiger partial charge in [0.1, 0.15) is 0 Å². The molecular formula is C16H24FN3O. The van der Waals surface area contributed by atoms with Crippen molar-refractivity contribution in [3.05, 3.63) is 23.6 Å². The van der Waals surface area contributed by atoms with Crippen molar-refractivity contribution in [2.45, 2.75) is 51.3 Å². The molecular weight excluding hydrogens is 269 g/mol. The van der Waals surface area contributed by atoms with Gasteiger partial charge in [0.25, 0.3) is 0 Å². The zero-order valence-corrected chi connectivity index (χ0v) is 12.6. The van der Waals surface area contributed by atoms with Crippen LogP contribution in [0.3, 0.4) is 0 Å². The van der Waals surface area contributed by atoms with Gasteiger partial charge in [0.2, 0.25) is 0 Å². The number of hydrogen-bond donors (Lipinski definition) is 1. The number of pyridine rings is 1. The predicted molar refractivity (Wildman–Crippen MR) is 80.9 cm³/mol.